The van der Waals surface area contributed by atoms with Crippen molar-refractivity contribution in [3.8, 4) is 5.75 Å². The van der Waals surface area contributed by atoms with Gasteiger partial charge in [0, 0.05) is 25.1 Å². The fourth-order valence-electron chi connectivity index (χ4n) is 3.18. The van der Waals surface area contributed by atoms with Crippen molar-refractivity contribution in [3.05, 3.63) is 69.8 Å². The van der Waals surface area contributed by atoms with Crippen LogP contribution in [-0.2, 0) is 17.9 Å². The summed E-state index contributed by atoms with van der Waals surface area (Å²) in [4.78, 5) is 28.8. The number of rotatable bonds is 7. The molecule has 1 aliphatic heterocycles. The normalized spacial score (nSPS) is 17.0. The molecule has 1 saturated heterocycles. The predicted molar refractivity (Wildman–Crippen MR) is 105 cm³/mol. The first-order valence-corrected chi connectivity index (χ1v) is 8.93. The summed E-state index contributed by atoms with van der Waals surface area (Å²) < 4.78 is 5.14. The van der Waals surface area contributed by atoms with Gasteiger partial charge in [-0.3, -0.25) is 19.9 Å². The molecule has 146 valence electrons. The fourth-order valence-corrected chi connectivity index (χ4v) is 3.18. The van der Waals surface area contributed by atoms with E-state index in [4.69, 9.17) is 10.5 Å². The number of benzene rings is 2. The van der Waals surface area contributed by atoms with Crippen molar-refractivity contribution < 1.29 is 14.5 Å². The second-order valence-electron chi connectivity index (χ2n) is 6.59. The highest BCUT2D eigenvalue weighted by Crippen LogP contribution is 2.23. The summed E-state index contributed by atoms with van der Waals surface area (Å²) >= 11 is 0. The molecule has 0 aliphatic carbocycles. The number of carbonyl (C=O) groups excluding carboxylic acids is 1. The quantitative estimate of drug-likeness (QED) is 0.342. The van der Waals surface area contributed by atoms with Gasteiger partial charge in [0.2, 0.25) is 5.91 Å². The van der Waals surface area contributed by atoms with Crippen LogP contribution in [0, 0.1) is 10.1 Å². The number of amidine groups is 1. The number of non-ortho nitro benzene ring substituents is 1. The van der Waals surface area contributed by atoms with Crippen LogP contribution in [0.2, 0.25) is 0 Å². The maximum atomic E-state index is 12.3. The molecule has 0 spiro atoms. The maximum Gasteiger partial charge on any atom is 0.269 e. The van der Waals surface area contributed by atoms with Crippen LogP contribution in [0.1, 0.15) is 24.0 Å². The van der Waals surface area contributed by atoms with Gasteiger partial charge in [-0.05, 0) is 29.7 Å². The number of nitrogens with zero attached hydrogens (tertiary/aromatic N) is 3. The molecule has 1 fully saturated rings. The van der Waals surface area contributed by atoms with Crippen LogP contribution in [0.3, 0.4) is 0 Å². The summed E-state index contributed by atoms with van der Waals surface area (Å²) in [5.41, 5.74) is 8.03. The molecule has 1 atom stereocenters. The van der Waals surface area contributed by atoms with E-state index in [9.17, 15) is 14.9 Å². The minimum atomic E-state index is -0.447. The number of hydrogen-bond donors (Lipinski definition) is 1. The number of hydrogen-bond acceptors (Lipinski definition) is 5. The molecule has 0 aromatic heterocycles. The van der Waals surface area contributed by atoms with Crippen LogP contribution >= 0.6 is 0 Å². The van der Waals surface area contributed by atoms with E-state index in [1.165, 1.54) is 12.1 Å². The van der Waals surface area contributed by atoms with E-state index in [0.29, 0.717) is 31.8 Å². The summed E-state index contributed by atoms with van der Waals surface area (Å²) in [6, 6.07) is 13.5. The highest BCUT2D eigenvalue weighted by molar-refractivity contribution is 5.93. The lowest BCUT2D eigenvalue weighted by Gasteiger charge is -2.24. The second-order valence-corrected chi connectivity index (χ2v) is 6.59. The van der Waals surface area contributed by atoms with Crippen molar-refractivity contribution in [3.63, 3.8) is 0 Å². The lowest BCUT2D eigenvalue weighted by atomic mass is 10.1. The van der Waals surface area contributed by atoms with Gasteiger partial charge in [0.1, 0.15) is 11.6 Å². The van der Waals surface area contributed by atoms with Gasteiger partial charge in [0.25, 0.3) is 5.69 Å². The predicted octanol–water partition coefficient (Wildman–Crippen LogP) is 2.65. The Labute approximate surface area is 162 Å². The van der Waals surface area contributed by atoms with Crippen molar-refractivity contribution >= 4 is 17.4 Å². The lowest BCUT2D eigenvalue weighted by molar-refractivity contribution is -0.384. The molecule has 8 heteroatoms. The first-order valence-electron chi connectivity index (χ1n) is 8.93. The molecular formula is C20H22N4O4. The summed E-state index contributed by atoms with van der Waals surface area (Å²) in [5.74, 6) is 1.20. The van der Waals surface area contributed by atoms with Gasteiger partial charge in [0.15, 0.2) is 0 Å². The minimum absolute atomic E-state index is 0.00551. The third-order valence-corrected chi connectivity index (χ3v) is 4.77. The largest absolute Gasteiger partial charge is 0.497 e. The van der Waals surface area contributed by atoms with Crippen molar-refractivity contribution in [2.75, 3.05) is 7.11 Å². The Hall–Kier alpha value is -3.42. The third-order valence-electron chi connectivity index (χ3n) is 4.77. The number of carbonyl (C=O) groups is 1. The van der Waals surface area contributed by atoms with E-state index < -0.39 is 4.92 Å². The SMILES string of the molecule is COc1ccc(CN=C(N)[C@@H]2CCC(=O)N2Cc2ccc([N+](=O)[O-])cc2)cc1. The zero-order chi connectivity index (χ0) is 20.1. The number of amides is 1. The van der Waals surface area contributed by atoms with Crippen molar-refractivity contribution in [2.45, 2.75) is 32.0 Å². The molecule has 28 heavy (non-hydrogen) atoms. The Bertz CT molecular complexity index is 878. The number of nitro benzene ring substituents is 1. The third kappa shape index (κ3) is 4.46. The topological polar surface area (TPSA) is 111 Å². The van der Waals surface area contributed by atoms with E-state index >= 15 is 0 Å². The van der Waals surface area contributed by atoms with E-state index in [1.54, 1.807) is 24.1 Å². The molecule has 2 aromatic rings. The Kier molecular flexibility index (Phi) is 5.88. The highest BCUT2D eigenvalue weighted by Gasteiger charge is 2.33. The molecule has 1 heterocycles. The van der Waals surface area contributed by atoms with Gasteiger partial charge >= 0.3 is 0 Å². The molecular weight excluding hydrogens is 360 g/mol. The number of methoxy groups -OCH3 is 1. The molecule has 1 aliphatic rings. The average molecular weight is 382 g/mol. The zero-order valence-electron chi connectivity index (χ0n) is 15.6. The van der Waals surface area contributed by atoms with E-state index in [0.717, 1.165) is 16.9 Å². The zero-order valence-corrected chi connectivity index (χ0v) is 15.6. The molecule has 8 nitrogen and oxygen atoms in total. The van der Waals surface area contributed by atoms with Crippen molar-refractivity contribution in [1.82, 2.24) is 4.90 Å². The molecule has 2 aromatic carbocycles. The van der Waals surface area contributed by atoms with Gasteiger partial charge in [-0.15, -0.1) is 0 Å². The minimum Gasteiger partial charge on any atom is -0.497 e. The van der Waals surface area contributed by atoms with Crippen LogP contribution in [0.25, 0.3) is 0 Å². The van der Waals surface area contributed by atoms with Crippen LogP contribution in [0.15, 0.2) is 53.5 Å². The summed E-state index contributed by atoms with van der Waals surface area (Å²) in [7, 11) is 1.61. The van der Waals surface area contributed by atoms with E-state index in [2.05, 4.69) is 4.99 Å². The number of aliphatic imine (C=N–C) groups is 1. The van der Waals surface area contributed by atoms with Crippen molar-refractivity contribution in [1.29, 1.82) is 0 Å². The average Bonchev–Trinajstić information content (AvgIpc) is 3.07. The second kappa shape index (κ2) is 8.51. The van der Waals surface area contributed by atoms with Gasteiger partial charge in [-0.1, -0.05) is 24.3 Å². The summed E-state index contributed by atoms with van der Waals surface area (Å²) in [6.45, 7) is 0.770. The van der Waals surface area contributed by atoms with Crippen LogP contribution < -0.4 is 10.5 Å². The molecule has 0 bridgehead atoms. The Morgan fingerprint density at radius 2 is 1.86 bits per heavy atom. The van der Waals surface area contributed by atoms with Gasteiger partial charge in [0.05, 0.1) is 24.6 Å². The molecule has 3 rings (SSSR count). The summed E-state index contributed by atoms with van der Waals surface area (Å²) in [5, 5.41) is 10.8. The standard InChI is InChI=1S/C20H22N4O4/c1-28-17-8-4-14(5-9-17)12-22-20(21)18-10-11-19(25)23(18)13-15-2-6-16(7-3-15)24(26)27/h2-9,18H,10-13H2,1H3,(H2,21,22)/t18-/m0/s1. The van der Waals surface area contributed by atoms with Gasteiger partial charge in [-0.2, -0.15) is 0 Å². The monoisotopic (exact) mass is 382 g/mol. The molecule has 0 unspecified atom stereocenters. The van der Waals surface area contributed by atoms with Crippen LogP contribution in [-0.4, -0.2) is 34.7 Å². The Morgan fingerprint density at radius 1 is 1.21 bits per heavy atom. The molecule has 1 amide bonds. The smallest absolute Gasteiger partial charge is 0.269 e. The molecule has 0 radical (unpaired) electrons. The summed E-state index contributed by atoms with van der Waals surface area (Å²) in [6.07, 6.45) is 1.03. The Balaban J connectivity index is 1.68. The lowest BCUT2D eigenvalue weighted by Crippen LogP contribution is -2.42. The molecule has 0 saturated carbocycles. The van der Waals surface area contributed by atoms with E-state index in [1.807, 2.05) is 24.3 Å². The van der Waals surface area contributed by atoms with Crippen LogP contribution in [0.5, 0.6) is 5.75 Å². The number of likely N-dealkylation sites (tertiary alicyclic amines) is 1. The van der Waals surface area contributed by atoms with Gasteiger partial charge < -0.3 is 15.4 Å². The molecule has 2 N–H and O–H groups in total. The first kappa shape index (κ1) is 19.3. The highest BCUT2D eigenvalue weighted by atomic mass is 16.6. The van der Waals surface area contributed by atoms with Gasteiger partial charge in [-0.25, -0.2) is 0 Å². The maximum absolute atomic E-state index is 12.3. The van der Waals surface area contributed by atoms with E-state index in [-0.39, 0.29) is 17.6 Å². The first-order chi connectivity index (χ1) is 13.5. The van der Waals surface area contributed by atoms with Crippen molar-refractivity contribution in [2.24, 2.45) is 10.7 Å². The van der Waals surface area contributed by atoms with Crippen LogP contribution in [0.4, 0.5) is 5.69 Å². The number of ether oxygens (including phenoxy) is 1. The Morgan fingerprint density at radius 3 is 2.46 bits per heavy atom. The number of nitrogens with two attached hydrogens (primary N) is 1. The number of nitro groups is 1. The fraction of sp³-hybridized carbons (Fsp3) is 0.300.